The van der Waals surface area contributed by atoms with E-state index >= 15 is 0 Å². The average molecular weight is 323 g/mol. The molecule has 4 nitrogen and oxygen atoms in total. The number of nitrogens with zero attached hydrogens (tertiary/aromatic N) is 1. The van der Waals surface area contributed by atoms with Crippen LogP contribution < -0.4 is 0 Å². The lowest BCUT2D eigenvalue weighted by Crippen LogP contribution is -2.57. The maximum absolute atomic E-state index is 6.17. The standard InChI is InChI=1S/C19H33NO3/c1-7-19(15-22-13-17-2-3-17)14-20(8-4-18(19)23-9-1)12-16-5-10-21-11-6-16/h16-18H,1-15H2/t18-,19+/m0/s1. The molecule has 0 unspecified atom stereocenters. The zero-order chi connectivity index (χ0) is 15.5. The van der Waals surface area contributed by atoms with E-state index in [0.717, 1.165) is 44.9 Å². The summed E-state index contributed by atoms with van der Waals surface area (Å²) in [7, 11) is 0. The van der Waals surface area contributed by atoms with Crippen LogP contribution in [0.4, 0.5) is 0 Å². The van der Waals surface area contributed by atoms with E-state index in [0.29, 0.717) is 6.10 Å². The lowest BCUT2D eigenvalue weighted by molar-refractivity contribution is -0.155. The van der Waals surface area contributed by atoms with Gasteiger partial charge in [-0.05, 0) is 56.8 Å². The number of hydrogen-bond donors (Lipinski definition) is 0. The summed E-state index contributed by atoms with van der Waals surface area (Å²) in [4.78, 5) is 2.71. The van der Waals surface area contributed by atoms with Gasteiger partial charge in [0, 0.05) is 51.5 Å². The predicted molar refractivity (Wildman–Crippen MR) is 89.6 cm³/mol. The van der Waals surface area contributed by atoms with Gasteiger partial charge in [-0.3, -0.25) is 0 Å². The fourth-order valence-corrected chi connectivity index (χ4v) is 4.76. The first-order valence-electron chi connectivity index (χ1n) is 9.83. The minimum absolute atomic E-state index is 0.260. The Labute approximate surface area is 140 Å². The molecule has 0 aromatic carbocycles. The van der Waals surface area contributed by atoms with E-state index in [1.807, 2.05) is 0 Å². The Hall–Kier alpha value is -0.160. The Bertz CT molecular complexity index is 381. The lowest BCUT2D eigenvalue weighted by atomic mass is 9.72. The first kappa shape index (κ1) is 16.3. The molecule has 4 aliphatic rings. The summed E-state index contributed by atoms with van der Waals surface area (Å²) >= 11 is 0. The molecule has 0 bridgehead atoms. The van der Waals surface area contributed by atoms with Crippen molar-refractivity contribution in [3.63, 3.8) is 0 Å². The van der Waals surface area contributed by atoms with Crippen LogP contribution in [0.25, 0.3) is 0 Å². The molecule has 0 amide bonds. The second-order valence-corrected chi connectivity index (χ2v) is 8.36. The van der Waals surface area contributed by atoms with Crippen molar-refractivity contribution in [2.45, 2.75) is 51.0 Å². The minimum atomic E-state index is 0.260. The number of likely N-dealkylation sites (tertiary alicyclic amines) is 1. The molecule has 1 aliphatic carbocycles. The third kappa shape index (κ3) is 4.09. The van der Waals surface area contributed by atoms with Crippen LogP contribution in [-0.2, 0) is 14.2 Å². The van der Waals surface area contributed by atoms with E-state index in [-0.39, 0.29) is 5.41 Å². The normalized spacial score (nSPS) is 36.8. The van der Waals surface area contributed by atoms with E-state index in [9.17, 15) is 0 Å². The van der Waals surface area contributed by atoms with Crippen LogP contribution in [0.5, 0.6) is 0 Å². The van der Waals surface area contributed by atoms with Crippen molar-refractivity contribution in [1.82, 2.24) is 4.90 Å². The van der Waals surface area contributed by atoms with Gasteiger partial charge in [-0.1, -0.05) is 0 Å². The first-order chi connectivity index (χ1) is 11.3. The molecule has 23 heavy (non-hydrogen) atoms. The van der Waals surface area contributed by atoms with Crippen molar-refractivity contribution in [1.29, 1.82) is 0 Å². The van der Waals surface area contributed by atoms with Crippen LogP contribution in [0.15, 0.2) is 0 Å². The molecule has 2 atom stereocenters. The summed E-state index contributed by atoms with van der Waals surface area (Å²) in [5.41, 5.74) is 0.260. The highest BCUT2D eigenvalue weighted by Crippen LogP contribution is 2.41. The largest absolute Gasteiger partial charge is 0.381 e. The number of ether oxygens (including phenoxy) is 3. The average Bonchev–Trinajstić information content (AvgIpc) is 3.40. The van der Waals surface area contributed by atoms with E-state index in [4.69, 9.17) is 14.2 Å². The summed E-state index contributed by atoms with van der Waals surface area (Å²) in [6.07, 6.45) is 9.34. The van der Waals surface area contributed by atoms with Crippen molar-refractivity contribution < 1.29 is 14.2 Å². The summed E-state index contributed by atoms with van der Waals surface area (Å²) in [5, 5.41) is 0. The molecule has 4 fully saturated rings. The van der Waals surface area contributed by atoms with E-state index in [2.05, 4.69) is 4.90 Å². The van der Waals surface area contributed by atoms with Crippen molar-refractivity contribution in [2.75, 3.05) is 52.7 Å². The second-order valence-electron chi connectivity index (χ2n) is 8.36. The Morgan fingerprint density at radius 3 is 2.70 bits per heavy atom. The molecule has 132 valence electrons. The van der Waals surface area contributed by atoms with Crippen molar-refractivity contribution in [2.24, 2.45) is 17.3 Å². The molecule has 0 spiro atoms. The quantitative estimate of drug-likeness (QED) is 0.752. The Kier molecular flexibility index (Phi) is 5.24. The molecule has 0 radical (unpaired) electrons. The molecule has 0 aromatic rings. The Morgan fingerprint density at radius 2 is 1.87 bits per heavy atom. The summed E-state index contributed by atoms with van der Waals surface area (Å²) < 4.78 is 17.9. The minimum Gasteiger partial charge on any atom is -0.381 e. The van der Waals surface area contributed by atoms with Crippen molar-refractivity contribution in [3.05, 3.63) is 0 Å². The fourth-order valence-electron chi connectivity index (χ4n) is 4.76. The van der Waals surface area contributed by atoms with Gasteiger partial charge in [0.05, 0.1) is 12.7 Å². The first-order valence-corrected chi connectivity index (χ1v) is 9.83. The maximum Gasteiger partial charge on any atom is 0.0677 e. The van der Waals surface area contributed by atoms with Gasteiger partial charge in [-0.2, -0.15) is 0 Å². The van der Waals surface area contributed by atoms with Gasteiger partial charge in [0.2, 0.25) is 0 Å². The van der Waals surface area contributed by atoms with Gasteiger partial charge in [0.15, 0.2) is 0 Å². The second kappa shape index (κ2) is 7.38. The topological polar surface area (TPSA) is 30.9 Å². The van der Waals surface area contributed by atoms with E-state index in [1.165, 1.54) is 64.6 Å². The van der Waals surface area contributed by atoms with Crippen LogP contribution in [0.3, 0.4) is 0 Å². The maximum atomic E-state index is 6.17. The monoisotopic (exact) mass is 323 g/mol. The number of piperidine rings is 1. The van der Waals surface area contributed by atoms with Crippen LogP contribution in [0.1, 0.15) is 44.9 Å². The molecule has 4 heteroatoms. The molecule has 1 saturated carbocycles. The zero-order valence-corrected chi connectivity index (χ0v) is 14.5. The summed E-state index contributed by atoms with van der Waals surface area (Å²) in [6, 6.07) is 0. The predicted octanol–water partition coefficient (Wildman–Crippen LogP) is 2.71. The number of rotatable bonds is 6. The van der Waals surface area contributed by atoms with Gasteiger partial charge >= 0.3 is 0 Å². The SMILES string of the molecule is C1CO[C@H]2CCN(CC3CCOCC3)C[C@@]2(COCC2CC2)C1. The molecule has 3 saturated heterocycles. The van der Waals surface area contributed by atoms with Gasteiger partial charge < -0.3 is 19.1 Å². The van der Waals surface area contributed by atoms with Crippen molar-refractivity contribution >= 4 is 0 Å². The highest BCUT2D eigenvalue weighted by molar-refractivity contribution is 4.97. The van der Waals surface area contributed by atoms with E-state index in [1.54, 1.807) is 0 Å². The molecular weight excluding hydrogens is 290 g/mol. The van der Waals surface area contributed by atoms with Gasteiger partial charge in [-0.15, -0.1) is 0 Å². The van der Waals surface area contributed by atoms with Gasteiger partial charge in [0.1, 0.15) is 0 Å². The smallest absolute Gasteiger partial charge is 0.0677 e. The molecule has 4 rings (SSSR count). The summed E-state index contributed by atoms with van der Waals surface area (Å²) in [6.45, 7) is 8.40. The summed E-state index contributed by atoms with van der Waals surface area (Å²) in [5.74, 6) is 1.69. The highest BCUT2D eigenvalue weighted by atomic mass is 16.5. The zero-order valence-electron chi connectivity index (χ0n) is 14.5. The highest BCUT2D eigenvalue weighted by Gasteiger charge is 2.46. The van der Waals surface area contributed by atoms with Crippen molar-refractivity contribution in [3.8, 4) is 0 Å². The van der Waals surface area contributed by atoms with Crippen LogP contribution >= 0.6 is 0 Å². The Morgan fingerprint density at radius 1 is 1.00 bits per heavy atom. The van der Waals surface area contributed by atoms with Gasteiger partial charge in [0.25, 0.3) is 0 Å². The van der Waals surface area contributed by atoms with Crippen LogP contribution in [0.2, 0.25) is 0 Å². The van der Waals surface area contributed by atoms with Crippen LogP contribution in [-0.4, -0.2) is 63.7 Å². The third-order valence-corrected chi connectivity index (χ3v) is 6.36. The molecule has 3 aliphatic heterocycles. The number of hydrogen-bond acceptors (Lipinski definition) is 4. The fraction of sp³-hybridized carbons (Fsp3) is 1.00. The number of fused-ring (bicyclic) bond motifs is 1. The van der Waals surface area contributed by atoms with Crippen LogP contribution in [0, 0.1) is 17.3 Å². The molecule has 0 N–H and O–H groups in total. The van der Waals surface area contributed by atoms with Gasteiger partial charge in [-0.25, -0.2) is 0 Å². The van der Waals surface area contributed by atoms with E-state index < -0.39 is 0 Å². The molecular formula is C19H33NO3. The molecule has 0 aromatic heterocycles. The lowest BCUT2D eigenvalue weighted by Gasteiger charge is -2.51. The Balaban J connectivity index is 1.35. The molecule has 3 heterocycles. The third-order valence-electron chi connectivity index (χ3n) is 6.36.